The number of rotatable bonds is 3. The van der Waals surface area contributed by atoms with Crippen molar-refractivity contribution in [1.82, 2.24) is 0 Å². The Kier molecular flexibility index (Phi) is 8.44. The molecular weight excluding hydrogens is 348 g/mol. The molecule has 152 valence electrons. The minimum Gasteiger partial charge on any atom is -0.501 e. The fourth-order valence-electron chi connectivity index (χ4n) is 3.22. The summed E-state index contributed by atoms with van der Waals surface area (Å²) in [5, 5.41) is 20.4. The molecule has 6 nitrogen and oxygen atoms in total. The molecule has 0 radical (unpaired) electrons. The summed E-state index contributed by atoms with van der Waals surface area (Å²) in [6, 6.07) is 0. The first-order chi connectivity index (χ1) is 12.6. The molecule has 0 saturated carbocycles. The summed E-state index contributed by atoms with van der Waals surface area (Å²) in [6.45, 7) is 10.3. The van der Waals surface area contributed by atoms with Gasteiger partial charge in [0.05, 0.1) is 19.5 Å². The maximum atomic E-state index is 12.7. The van der Waals surface area contributed by atoms with Crippen LogP contribution >= 0.6 is 0 Å². The fraction of sp³-hybridized carbons (Fsp3) is 0.619. The van der Waals surface area contributed by atoms with Crippen molar-refractivity contribution in [2.24, 2.45) is 11.8 Å². The average Bonchev–Trinajstić information content (AvgIpc) is 2.62. The molecule has 0 amide bonds. The van der Waals surface area contributed by atoms with Gasteiger partial charge in [0.2, 0.25) is 0 Å². The molecule has 6 heteroatoms. The first kappa shape index (κ1) is 23.1. The van der Waals surface area contributed by atoms with Crippen LogP contribution < -0.4 is 0 Å². The van der Waals surface area contributed by atoms with Crippen LogP contribution in [0.15, 0.2) is 35.6 Å². The Balaban J connectivity index is 3.38. The Labute approximate surface area is 161 Å². The van der Waals surface area contributed by atoms with Gasteiger partial charge in [-0.15, -0.1) is 0 Å². The van der Waals surface area contributed by atoms with E-state index in [1.165, 1.54) is 14.0 Å². The van der Waals surface area contributed by atoms with Crippen molar-refractivity contribution >= 4 is 11.8 Å². The summed E-state index contributed by atoms with van der Waals surface area (Å²) >= 11 is 0. The number of carbonyl (C=O) groups is 2. The van der Waals surface area contributed by atoms with Crippen LogP contribution in [0.2, 0.25) is 0 Å². The van der Waals surface area contributed by atoms with E-state index in [1.54, 1.807) is 6.08 Å². The van der Waals surface area contributed by atoms with Crippen molar-refractivity contribution in [3.63, 3.8) is 0 Å². The number of hydrogen-bond donors (Lipinski definition) is 2. The summed E-state index contributed by atoms with van der Waals surface area (Å²) in [6.07, 6.45) is 4.19. The minimum absolute atomic E-state index is 0.0394. The van der Waals surface area contributed by atoms with Gasteiger partial charge in [-0.05, 0) is 44.3 Å². The summed E-state index contributed by atoms with van der Waals surface area (Å²) in [5.74, 6) is -2.33. The van der Waals surface area contributed by atoms with Gasteiger partial charge in [0.1, 0.15) is 12.0 Å². The molecule has 1 heterocycles. The Morgan fingerprint density at radius 1 is 1.37 bits per heavy atom. The monoisotopic (exact) mass is 380 g/mol. The number of Topliss-reactive ketones (excluding diaryl/α,β-unsaturated/α-hetero) is 1. The van der Waals surface area contributed by atoms with Crippen molar-refractivity contribution in [3.05, 3.63) is 35.6 Å². The highest BCUT2D eigenvalue weighted by atomic mass is 16.5. The third-order valence-electron chi connectivity index (χ3n) is 4.82. The van der Waals surface area contributed by atoms with Crippen molar-refractivity contribution in [2.75, 3.05) is 13.7 Å². The first-order valence-electron chi connectivity index (χ1n) is 9.26. The summed E-state index contributed by atoms with van der Waals surface area (Å²) in [5.41, 5.74) is -0.402. The lowest BCUT2D eigenvalue weighted by molar-refractivity contribution is -0.162. The van der Waals surface area contributed by atoms with E-state index in [1.807, 2.05) is 26.8 Å². The Hall–Kier alpha value is -1.92. The number of esters is 1. The molecule has 0 aromatic rings. The zero-order valence-electron chi connectivity index (χ0n) is 16.9. The van der Waals surface area contributed by atoms with Crippen LogP contribution in [-0.4, -0.2) is 47.4 Å². The SMILES string of the molecule is C=C1/C=C(/C)C(CC)OC(=O)[C@@H](C)C(=O)[C@](O)(CO)C/C(OC)=C\[C@@H](C)C1. The van der Waals surface area contributed by atoms with Crippen LogP contribution in [0.1, 0.15) is 47.0 Å². The third kappa shape index (κ3) is 6.04. The molecule has 1 rings (SSSR count). The van der Waals surface area contributed by atoms with E-state index in [9.17, 15) is 19.8 Å². The Morgan fingerprint density at radius 2 is 2.00 bits per heavy atom. The van der Waals surface area contributed by atoms with Gasteiger partial charge >= 0.3 is 5.97 Å². The van der Waals surface area contributed by atoms with Gasteiger partial charge in [0.25, 0.3) is 0 Å². The first-order valence-corrected chi connectivity index (χ1v) is 9.26. The van der Waals surface area contributed by atoms with E-state index in [-0.39, 0.29) is 12.3 Å². The highest BCUT2D eigenvalue weighted by Gasteiger charge is 2.42. The van der Waals surface area contributed by atoms with Crippen molar-refractivity contribution in [3.8, 4) is 0 Å². The zero-order valence-corrected chi connectivity index (χ0v) is 16.9. The predicted molar refractivity (Wildman–Crippen MR) is 103 cm³/mol. The molecule has 2 N–H and O–H groups in total. The number of methoxy groups -OCH3 is 1. The summed E-state index contributed by atoms with van der Waals surface area (Å²) in [7, 11) is 1.44. The zero-order chi connectivity index (χ0) is 20.8. The number of aliphatic hydroxyl groups excluding tert-OH is 1. The number of cyclic esters (lactones) is 1. The van der Waals surface area contributed by atoms with Crippen LogP contribution in [0, 0.1) is 11.8 Å². The maximum absolute atomic E-state index is 12.7. The molecule has 0 aromatic carbocycles. The predicted octanol–water partition coefficient (Wildman–Crippen LogP) is 2.70. The van der Waals surface area contributed by atoms with Crippen LogP contribution in [0.3, 0.4) is 0 Å². The van der Waals surface area contributed by atoms with E-state index in [2.05, 4.69) is 6.58 Å². The molecule has 27 heavy (non-hydrogen) atoms. The largest absolute Gasteiger partial charge is 0.501 e. The molecule has 0 aromatic heterocycles. The van der Waals surface area contributed by atoms with Crippen molar-refractivity contribution in [1.29, 1.82) is 0 Å². The molecule has 0 spiro atoms. The lowest BCUT2D eigenvalue weighted by Gasteiger charge is -2.29. The lowest BCUT2D eigenvalue weighted by atomic mass is 9.86. The van der Waals surface area contributed by atoms with E-state index in [4.69, 9.17) is 9.47 Å². The number of aliphatic hydroxyl groups is 2. The van der Waals surface area contributed by atoms with E-state index >= 15 is 0 Å². The number of ketones is 1. The summed E-state index contributed by atoms with van der Waals surface area (Å²) < 4.78 is 10.8. The fourth-order valence-corrected chi connectivity index (χ4v) is 3.22. The maximum Gasteiger partial charge on any atom is 0.316 e. The third-order valence-corrected chi connectivity index (χ3v) is 4.82. The molecule has 0 saturated heterocycles. The molecule has 0 bridgehead atoms. The topological polar surface area (TPSA) is 93.1 Å². The second kappa shape index (κ2) is 9.85. The second-order valence-electron chi connectivity index (χ2n) is 7.35. The summed E-state index contributed by atoms with van der Waals surface area (Å²) in [4.78, 5) is 25.2. The molecule has 1 unspecified atom stereocenters. The average molecular weight is 380 g/mol. The molecule has 0 fully saturated rings. The van der Waals surface area contributed by atoms with E-state index < -0.39 is 36.0 Å². The molecular formula is C21H32O6. The van der Waals surface area contributed by atoms with Gasteiger partial charge in [0, 0.05) is 6.42 Å². The van der Waals surface area contributed by atoms with Gasteiger partial charge in [-0.1, -0.05) is 32.1 Å². The van der Waals surface area contributed by atoms with E-state index in [0.29, 0.717) is 18.6 Å². The molecule has 1 aliphatic rings. The van der Waals surface area contributed by atoms with Crippen LogP contribution in [-0.2, 0) is 19.1 Å². The molecule has 1 aliphatic heterocycles. The lowest BCUT2D eigenvalue weighted by Crippen LogP contribution is -2.48. The number of ether oxygens (including phenoxy) is 2. The van der Waals surface area contributed by atoms with Gasteiger partial charge in [-0.3, -0.25) is 9.59 Å². The highest BCUT2D eigenvalue weighted by molar-refractivity contribution is 6.03. The number of allylic oxidation sites excluding steroid dienone is 3. The van der Waals surface area contributed by atoms with Gasteiger partial charge in [-0.25, -0.2) is 0 Å². The quantitative estimate of drug-likeness (QED) is 0.578. The van der Waals surface area contributed by atoms with Crippen LogP contribution in [0.4, 0.5) is 0 Å². The second-order valence-corrected chi connectivity index (χ2v) is 7.35. The number of carbonyl (C=O) groups excluding carboxylic acids is 2. The standard InChI is InChI=1S/C21H32O6/c1-7-18-15(4)9-13(2)8-14(3)10-17(26-6)11-21(25,12-22)19(23)16(5)20(24)27-18/h9-10,14,16,18,22,25H,2,7-8,11-12H2,1,3-6H3/b15-9-,17-10+/t14-,16-,18?,21+/m0/s1. The van der Waals surface area contributed by atoms with Gasteiger partial charge < -0.3 is 19.7 Å². The molecule has 0 aliphatic carbocycles. The molecule has 4 atom stereocenters. The smallest absolute Gasteiger partial charge is 0.316 e. The van der Waals surface area contributed by atoms with Gasteiger partial charge in [0.15, 0.2) is 11.4 Å². The van der Waals surface area contributed by atoms with Crippen LogP contribution in [0.5, 0.6) is 0 Å². The minimum atomic E-state index is -2.12. The Bertz CT molecular complexity index is 633. The van der Waals surface area contributed by atoms with Crippen molar-refractivity contribution in [2.45, 2.75) is 58.7 Å². The highest BCUT2D eigenvalue weighted by Crippen LogP contribution is 2.27. The van der Waals surface area contributed by atoms with Crippen LogP contribution in [0.25, 0.3) is 0 Å². The van der Waals surface area contributed by atoms with Crippen molar-refractivity contribution < 1.29 is 29.3 Å². The van der Waals surface area contributed by atoms with Gasteiger partial charge in [-0.2, -0.15) is 0 Å². The Morgan fingerprint density at radius 3 is 2.52 bits per heavy atom. The van der Waals surface area contributed by atoms with E-state index in [0.717, 1.165) is 11.1 Å². The number of hydrogen-bond acceptors (Lipinski definition) is 6. The normalized spacial score (nSPS) is 35.4.